The standard InChI is InChI=1S/C25H31N3O4/c1-19-6-3-4-9-23(19)25(30)28-14-15-32-22(18-28)17-26-10-12-27(13-11-26)24(29)20-7-5-8-21(16-20)31-2/h3-9,16,22H,10-15,17-18H2,1-2H3. The molecule has 0 bridgehead atoms. The summed E-state index contributed by atoms with van der Waals surface area (Å²) in [5.41, 5.74) is 2.41. The van der Waals surface area contributed by atoms with Crippen molar-refractivity contribution < 1.29 is 19.1 Å². The first-order valence-electron chi connectivity index (χ1n) is 11.2. The van der Waals surface area contributed by atoms with Crippen molar-refractivity contribution in [3.8, 4) is 5.75 Å². The van der Waals surface area contributed by atoms with Gasteiger partial charge >= 0.3 is 0 Å². The number of methoxy groups -OCH3 is 1. The highest BCUT2D eigenvalue weighted by molar-refractivity contribution is 5.96. The lowest BCUT2D eigenvalue weighted by atomic mass is 10.1. The maximum atomic E-state index is 13.0. The Balaban J connectivity index is 1.29. The van der Waals surface area contributed by atoms with E-state index in [4.69, 9.17) is 9.47 Å². The fraction of sp³-hybridized carbons (Fsp3) is 0.440. The Hall–Kier alpha value is -2.90. The van der Waals surface area contributed by atoms with Gasteiger partial charge in [0, 0.05) is 56.9 Å². The molecule has 2 aliphatic heterocycles. The van der Waals surface area contributed by atoms with Crippen LogP contribution in [0.15, 0.2) is 48.5 Å². The number of hydrogen-bond donors (Lipinski definition) is 0. The molecule has 2 aromatic carbocycles. The van der Waals surface area contributed by atoms with E-state index < -0.39 is 0 Å². The maximum absolute atomic E-state index is 13.0. The van der Waals surface area contributed by atoms with E-state index in [1.165, 1.54) is 0 Å². The number of nitrogens with zero attached hydrogens (tertiary/aromatic N) is 3. The van der Waals surface area contributed by atoms with Crippen LogP contribution >= 0.6 is 0 Å². The molecule has 2 aromatic rings. The molecule has 1 atom stereocenters. The van der Waals surface area contributed by atoms with Gasteiger partial charge in [0.15, 0.2) is 0 Å². The third-order valence-corrected chi connectivity index (χ3v) is 6.24. The molecule has 2 aliphatic rings. The van der Waals surface area contributed by atoms with Gasteiger partial charge in [0.2, 0.25) is 0 Å². The van der Waals surface area contributed by atoms with Gasteiger partial charge in [-0.2, -0.15) is 0 Å². The van der Waals surface area contributed by atoms with Crippen LogP contribution in [0.5, 0.6) is 5.75 Å². The van der Waals surface area contributed by atoms with Gasteiger partial charge in [-0.1, -0.05) is 24.3 Å². The highest BCUT2D eigenvalue weighted by Gasteiger charge is 2.29. The molecule has 0 spiro atoms. The molecule has 7 nitrogen and oxygen atoms in total. The first-order chi connectivity index (χ1) is 15.5. The second-order valence-corrected chi connectivity index (χ2v) is 8.38. The van der Waals surface area contributed by atoms with Crippen LogP contribution in [0.4, 0.5) is 0 Å². The second kappa shape index (κ2) is 10.1. The van der Waals surface area contributed by atoms with E-state index in [9.17, 15) is 9.59 Å². The molecule has 0 aromatic heterocycles. The fourth-order valence-electron chi connectivity index (χ4n) is 4.36. The van der Waals surface area contributed by atoms with Gasteiger partial charge in [0.1, 0.15) is 5.75 Å². The molecular formula is C25H31N3O4. The minimum atomic E-state index is -0.0163. The van der Waals surface area contributed by atoms with Crippen molar-refractivity contribution in [3.63, 3.8) is 0 Å². The van der Waals surface area contributed by atoms with Crippen LogP contribution in [0.2, 0.25) is 0 Å². The zero-order valence-corrected chi connectivity index (χ0v) is 18.8. The molecule has 0 radical (unpaired) electrons. The van der Waals surface area contributed by atoms with Crippen molar-refractivity contribution in [1.82, 2.24) is 14.7 Å². The number of piperazine rings is 1. The minimum absolute atomic E-state index is 0.0163. The smallest absolute Gasteiger partial charge is 0.254 e. The molecule has 2 heterocycles. The second-order valence-electron chi connectivity index (χ2n) is 8.38. The van der Waals surface area contributed by atoms with E-state index in [-0.39, 0.29) is 17.9 Å². The molecule has 0 aliphatic carbocycles. The number of carbonyl (C=O) groups excluding carboxylic acids is 2. The average Bonchev–Trinajstić information content (AvgIpc) is 2.84. The Morgan fingerprint density at radius 2 is 1.75 bits per heavy atom. The minimum Gasteiger partial charge on any atom is -0.497 e. The van der Waals surface area contributed by atoms with Crippen LogP contribution < -0.4 is 4.74 Å². The van der Waals surface area contributed by atoms with Crippen molar-refractivity contribution in [1.29, 1.82) is 0 Å². The van der Waals surface area contributed by atoms with E-state index in [0.29, 0.717) is 44.1 Å². The highest BCUT2D eigenvalue weighted by atomic mass is 16.5. The summed E-state index contributed by atoms with van der Waals surface area (Å²) >= 11 is 0. The number of carbonyl (C=O) groups is 2. The summed E-state index contributed by atoms with van der Waals surface area (Å²) in [6.45, 7) is 7.43. The topological polar surface area (TPSA) is 62.3 Å². The van der Waals surface area contributed by atoms with E-state index in [2.05, 4.69) is 4.90 Å². The van der Waals surface area contributed by atoms with E-state index in [0.717, 1.165) is 30.8 Å². The molecule has 4 rings (SSSR count). The summed E-state index contributed by atoms with van der Waals surface area (Å²) in [6.07, 6.45) is -0.0163. The number of amides is 2. The molecule has 170 valence electrons. The van der Waals surface area contributed by atoms with Crippen LogP contribution in [-0.2, 0) is 4.74 Å². The average molecular weight is 438 g/mol. The molecule has 0 saturated carbocycles. The molecule has 1 unspecified atom stereocenters. The molecule has 2 fully saturated rings. The van der Waals surface area contributed by atoms with Crippen LogP contribution in [0.3, 0.4) is 0 Å². The molecule has 32 heavy (non-hydrogen) atoms. The normalized spacial score (nSPS) is 19.6. The lowest BCUT2D eigenvalue weighted by molar-refractivity contribution is -0.0400. The lowest BCUT2D eigenvalue weighted by Crippen LogP contribution is -2.54. The highest BCUT2D eigenvalue weighted by Crippen LogP contribution is 2.17. The van der Waals surface area contributed by atoms with E-state index in [1.54, 1.807) is 13.2 Å². The quantitative estimate of drug-likeness (QED) is 0.718. The van der Waals surface area contributed by atoms with Crippen molar-refractivity contribution >= 4 is 11.8 Å². The van der Waals surface area contributed by atoms with E-state index >= 15 is 0 Å². The van der Waals surface area contributed by atoms with E-state index in [1.807, 2.05) is 59.2 Å². The SMILES string of the molecule is COc1cccc(C(=O)N2CCN(CC3CN(C(=O)c4ccccc4C)CCO3)CC2)c1. The summed E-state index contributed by atoms with van der Waals surface area (Å²) in [5, 5.41) is 0. The zero-order chi connectivity index (χ0) is 22.5. The first kappa shape index (κ1) is 22.3. The predicted octanol–water partition coefficient (Wildman–Crippen LogP) is 2.30. The lowest BCUT2D eigenvalue weighted by Gasteiger charge is -2.39. The molecular weight excluding hydrogens is 406 g/mol. The number of ether oxygens (including phenoxy) is 2. The Morgan fingerprint density at radius 1 is 0.969 bits per heavy atom. The molecule has 2 amide bonds. The largest absolute Gasteiger partial charge is 0.497 e. The monoisotopic (exact) mass is 437 g/mol. The summed E-state index contributed by atoms with van der Waals surface area (Å²) in [7, 11) is 1.60. The summed E-state index contributed by atoms with van der Waals surface area (Å²) in [6, 6.07) is 15.0. The first-order valence-corrected chi connectivity index (χ1v) is 11.2. The van der Waals surface area contributed by atoms with Crippen LogP contribution in [0.1, 0.15) is 26.3 Å². The molecule has 2 saturated heterocycles. The van der Waals surface area contributed by atoms with Crippen LogP contribution in [0.25, 0.3) is 0 Å². The Kier molecular flexibility index (Phi) is 7.07. The van der Waals surface area contributed by atoms with Crippen LogP contribution in [0, 0.1) is 6.92 Å². The van der Waals surface area contributed by atoms with Crippen LogP contribution in [-0.4, -0.2) is 92.1 Å². The molecule has 0 N–H and O–H groups in total. The molecule has 7 heteroatoms. The number of hydrogen-bond acceptors (Lipinski definition) is 5. The van der Waals surface area contributed by atoms with Gasteiger partial charge in [-0.25, -0.2) is 0 Å². The number of benzene rings is 2. The van der Waals surface area contributed by atoms with Gasteiger partial charge in [-0.05, 0) is 36.8 Å². The Bertz CT molecular complexity index is 956. The van der Waals surface area contributed by atoms with Gasteiger partial charge in [0.25, 0.3) is 11.8 Å². The number of morpholine rings is 1. The van der Waals surface area contributed by atoms with Gasteiger partial charge in [0.05, 0.1) is 19.8 Å². The van der Waals surface area contributed by atoms with Gasteiger partial charge in [-0.3, -0.25) is 14.5 Å². The maximum Gasteiger partial charge on any atom is 0.254 e. The van der Waals surface area contributed by atoms with Gasteiger partial charge in [-0.15, -0.1) is 0 Å². The summed E-state index contributed by atoms with van der Waals surface area (Å²) < 4.78 is 11.2. The number of rotatable bonds is 5. The zero-order valence-electron chi connectivity index (χ0n) is 18.8. The third kappa shape index (κ3) is 5.11. The van der Waals surface area contributed by atoms with Crippen molar-refractivity contribution in [2.45, 2.75) is 13.0 Å². The summed E-state index contributed by atoms with van der Waals surface area (Å²) in [5.74, 6) is 0.798. The Morgan fingerprint density at radius 3 is 2.50 bits per heavy atom. The van der Waals surface area contributed by atoms with Gasteiger partial charge < -0.3 is 19.3 Å². The third-order valence-electron chi connectivity index (χ3n) is 6.24. The van der Waals surface area contributed by atoms with Crippen molar-refractivity contribution in [3.05, 3.63) is 65.2 Å². The number of aryl methyl sites for hydroxylation is 1. The predicted molar refractivity (Wildman–Crippen MR) is 122 cm³/mol. The Labute approximate surface area is 189 Å². The van der Waals surface area contributed by atoms with Crippen molar-refractivity contribution in [2.75, 3.05) is 59.5 Å². The fourth-order valence-corrected chi connectivity index (χ4v) is 4.36. The van der Waals surface area contributed by atoms with Crippen molar-refractivity contribution in [2.24, 2.45) is 0 Å². The summed E-state index contributed by atoms with van der Waals surface area (Å²) in [4.78, 5) is 31.9.